The van der Waals surface area contributed by atoms with E-state index in [9.17, 15) is 9.90 Å². The van der Waals surface area contributed by atoms with E-state index < -0.39 is 0 Å². The van der Waals surface area contributed by atoms with E-state index in [1.165, 1.54) is 17.3 Å². The Morgan fingerprint density at radius 3 is 2.55 bits per heavy atom. The second-order valence-electron chi connectivity index (χ2n) is 7.60. The summed E-state index contributed by atoms with van der Waals surface area (Å²) in [6.45, 7) is 0.697. The molecule has 1 aliphatic rings. The Bertz CT molecular complexity index is 1290. The molecule has 5 rings (SSSR count). The molecule has 8 heteroatoms. The number of ether oxygens (including phenoxy) is 1. The largest absolute Gasteiger partial charge is 0.508 e. The fourth-order valence-corrected chi connectivity index (χ4v) is 4.75. The van der Waals surface area contributed by atoms with Crippen molar-refractivity contribution in [1.82, 2.24) is 14.8 Å². The molecule has 1 N–H and O–H groups in total. The third kappa shape index (κ3) is 4.17. The zero-order chi connectivity index (χ0) is 22.8. The quantitative estimate of drug-likeness (QED) is 0.433. The van der Waals surface area contributed by atoms with E-state index in [2.05, 4.69) is 16.3 Å². The van der Waals surface area contributed by atoms with Gasteiger partial charge in [-0.25, -0.2) is 0 Å². The van der Waals surface area contributed by atoms with Crippen molar-refractivity contribution in [1.29, 1.82) is 0 Å². The third-order valence-electron chi connectivity index (χ3n) is 5.60. The van der Waals surface area contributed by atoms with E-state index in [-0.39, 0.29) is 17.4 Å². The van der Waals surface area contributed by atoms with E-state index in [0.29, 0.717) is 17.5 Å². The molecule has 0 saturated carbocycles. The van der Waals surface area contributed by atoms with Gasteiger partial charge in [-0.15, -0.1) is 10.2 Å². The summed E-state index contributed by atoms with van der Waals surface area (Å²) in [6, 6.07) is 22.4. The molecule has 0 atom stereocenters. The lowest BCUT2D eigenvalue weighted by molar-refractivity contribution is -0.116. The van der Waals surface area contributed by atoms with E-state index in [1.807, 2.05) is 51.9 Å². The molecule has 1 aliphatic heterocycles. The van der Waals surface area contributed by atoms with Crippen LogP contribution in [-0.2, 0) is 11.2 Å². The lowest BCUT2D eigenvalue weighted by Gasteiger charge is -2.17. The van der Waals surface area contributed by atoms with E-state index >= 15 is 0 Å². The average Bonchev–Trinajstić information content (AvgIpc) is 3.48. The van der Waals surface area contributed by atoms with Crippen LogP contribution in [-0.4, -0.2) is 45.2 Å². The highest BCUT2D eigenvalue weighted by Gasteiger charge is 2.25. The van der Waals surface area contributed by atoms with Crippen molar-refractivity contribution < 1.29 is 14.6 Å². The number of amides is 1. The van der Waals surface area contributed by atoms with Crippen LogP contribution in [0.3, 0.4) is 0 Å². The van der Waals surface area contributed by atoms with Crippen molar-refractivity contribution >= 4 is 23.4 Å². The summed E-state index contributed by atoms with van der Waals surface area (Å²) in [7, 11) is 1.62. The number of phenols is 1. The van der Waals surface area contributed by atoms with Gasteiger partial charge in [0.2, 0.25) is 5.91 Å². The SMILES string of the molecule is COc1ccc(-n2c(SCC(=O)N3CCc4ccccc43)nnc2-c2ccc(O)cc2)cc1. The van der Waals surface area contributed by atoms with Crippen molar-refractivity contribution in [3.8, 4) is 28.6 Å². The van der Waals surface area contributed by atoms with Crippen LogP contribution < -0.4 is 9.64 Å². The summed E-state index contributed by atoms with van der Waals surface area (Å²) in [6.07, 6.45) is 0.875. The Hall–Kier alpha value is -3.78. The van der Waals surface area contributed by atoms with Gasteiger partial charge in [0.15, 0.2) is 11.0 Å². The van der Waals surface area contributed by atoms with Crippen molar-refractivity contribution in [2.45, 2.75) is 11.6 Å². The fraction of sp³-hybridized carbons (Fsp3) is 0.160. The number of benzene rings is 3. The maximum atomic E-state index is 13.0. The van der Waals surface area contributed by atoms with Gasteiger partial charge < -0.3 is 14.7 Å². The molecule has 0 fully saturated rings. The summed E-state index contributed by atoms with van der Waals surface area (Å²) >= 11 is 1.36. The average molecular weight is 459 g/mol. The fourth-order valence-electron chi connectivity index (χ4n) is 3.93. The smallest absolute Gasteiger partial charge is 0.237 e. The van der Waals surface area contributed by atoms with Crippen LogP contribution in [0.2, 0.25) is 0 Å². The van der Waals surface area contributed by atoms with Gasteiger partial charge in [0.05, 0.1) is 12.9 Å². The number of rotatable bonds is 6. The van der Waals surface area contributed by atoms with Gasteiger partial charge in [0.25, 0.3) is 0 Å². The Labute approximate surface area is 195 Å². The van der Waals surface area contributed by atoms with Crippen LogP contribution >= 0.6 is 11.8 Å². The van der Waals surface area contributed by atoms with E-state index in [1.54, 1.807) is 31.4 Å². The number of carbonyl (C=O) groups is 1. The third-order valence-corrected chi connectivity index (χ3v) is 6.52. The highest BCUT2D eigenvalue weighted by molar-refractivity contribution is 7.99. The number of methoxy groups -OCH3 is 1. The number of anilines is 1. The zero-order valence-electron chi connectivity index (χ0n) is 18.0. The molecular weight excluding hydrogens is 436 g/mol. The predicted octanol–water partition coefficient (Wildman–Crippen LogP) is 4.33. The lowest BCUT2D eigenvalue weighted by atomic mass is 10.2. The highest BCUT2D eigenvalue weighted by Crippen LogP contribution is 2.32. The van der Waals surface area contributed by atoms with Gasteiger partial charge in [-0.05, 0) is 66.6 Å². The molecule has 4 aromatic rings. The topological polar surface area (TPSA) is 80.5 Å². The molecule has 1 amide bonds. The van der Waals surface area contributed by atoms with Crippen molar-refractivity contribution in [3.05, 3.63) is 78.4 Å². The number of carbonyl (C=O) groups excluding carboxylic acids is 1. The minimum atomic E-state index is 0.0421. The van der Waals surface area contributed by atoms with Gasteiger partial charge in [0.1, 0.15) is 11.5 Å². The number of nitrogens with zero attached hydrogens (tertiary/aromatic N) is 4. The number of thioether (sulfide) groups is 1. The molecule has 3 aromatic carbocycles. The maximum Gasteiger partial charge on any atom is 0.237 e. The first-order chi connectivity index (χ1) is 16.1. The first kappa shape index (κ1) is 21.1. The molecule has 0 unspecified atom stereocenters. The first-order valence-electron chi connectivity index (χ1n) is 10.5. The normalized spacial score (nSPS) is 12.6. The molecular formula is C25H22N4O3S. The molecule has 0 aliphatic carbocycles. The summed E-state index contributed by atoms with van der Waals surface area (Å²) < 4.78 is 7.20. The Kier molecular flexibility index (Phi) is 5.75. The number of phenolic OH excluding ortho intramolecular Hbond substituents is 1. The molecule has 0 radical (unpaired) electrons. The van der Waals surface area contributed by atoms with Gasteiger partial charge >= 0.3 is 0 Å². The molecule has 0 spiro atoms. The highest BCUT2D eigenvalue weighted by atomic mass is 32.2. The Morgan fingerprint density at radius 2 is 1.79 bits per heavy atom. The zero-order valence-corrected chi connectivity index (χ0v) is 18.8. The number of aromatic hydroxyl groups is 1. The van der Waals surface area contributed by atoms with Crippen molar-refractivity contribution in [2.24, 2.45) is 0 Å². The second-order valence-corrected chi connectivity index (χ2v) is 8.54. The molecule has 1 aromatic heterocycles. The first-order valence-corrected chi connectivity index (χ1v) is 11.5. The van der Waals surface area contributed by atoms with Crippen LogP contribution in [0.15, 0.2) is 78.0 Å². The monoisotopic (exact) mass is 458 g/mol. The summed E-state index contributed by atoms with van der Waals surface area (Å²) in [5.74, 6) is 1.84. The van der Waals surface area contributed by atoms with Crippen molar-refractivity contribution in [3.63, 3.8) is 0 Å². The number of para-hydroxylation sites is 1. The van der Waals surface area contributed by atoms with Crippen LogP contribution in [0.1, 0.15) is 5.56 Å². The van der Waals surface area contributed by atoms with Gasteiger partial charge in [-0.3, -0.25) is 9.36 Å². The molecule has 166 valence electrons. The standard InChI is InChI=1S/C25H22N4O3S/c1-32-21-12-8-19(9-13-21)29-24(18-6-10-20(30)11-7-18)26-27-25(29)33-16-23(31)28-15-14-17-4-2-3-5-22(17)28/h2-13,30H,14-16H2,1H3. The lowest BCUT2D eigenvalue weighted by Crippen LogP contribution is -2.30. The van der Waals surface area contributed by atoms with Crippen LogP contribution in [0.25, 0.3) is 17.1 Å². The predicted molar refractivity (Wildman–Crippen MR) is 128 cm³/mol. The Morgan fingerprint density at radius 1 is 1.03 bits per heavy atom. The van der Waals surface area contributed by atoms with Gasteiger partial charge in [-0.1, -0.05) is 30.0 Å². The molecule has 2 heterocycles. The summed E-state index contributed by atoms with van der Waals surface area (Å²) in [5.41, 5.74) is 3.85. The van der Waals surface area contributed by atoms with Gasteiger partial charge in [-0.2, -0.15) is 0 Å². The van der Waals surface area contributed by atoms with Crippen LogP contribution in [0.4, 0.5) is 5.69 Å². The number of hydrogen-bond donors (Lipinski definition) is 1. The van der Waals surface area contributed by atoms with Crippen LogP contribution in [0, 0.1) is 0 Å². The molecule has 33 heavy (non-hydrogen) atoms. The minimum Gasteiger partial charge on any atom is -0.508 e. The van der Waals surface area contributed by atoms with E-state index in [4.69, 9.17) is 4.74 Å². The minimum absolute atomic E-state index is 0.0421. The summed E-state index contributed by atoms with van der Waals surface area (Å²) in [5, 5.41) is 19.1. The number of fused-ring (bicyclic) bond motifs is 1. The maximum absolute atomic E-state index is 13.0. The second kappa shape index (κ2) is 8.99. The summed E-state index contributed by atoms with van der Waals surface area (Å²) in [4.78, 5) is 14.9. The molecule has 0 saturated heterocycles. The molecule has 7 nitrogen and oxygen atoms in total. The number of aromatic nitrogens is 3. The molecule has 0 bridgehead atoms. The van der Waals surface area contributed by atoms with E-state index in [0.717, 1.165) is 29.1 Å². The Balaban J connectivity index is 1.44. The van der Waals surface area contributed by atoms with Crippen molar-refractivity contribution in [2.75, 3.05) is 24.3 Å². The van der Waals surface area contributed by atoms with Gasteiger partial charge in [0, 0.05) is 23.5 Å². The van der Waals surface area contributed by atoms with Crippen LogP contribution in [0.5, 0.6) is 11.5 Å². The number of hydrogen-bond acceptors (Lipinski definition) is 6.